The van der Waals surface area contributed by atoms with Crippen LogP contribution >= 0.6 is 0 Å². The van der Waals surface area contributed by atoms with Gasteiger partial charge < -0.3 is 14.5 Å². The van der Waals surface area contributed by atoms with Gasteiger partial charge in [0.05, 0.1) is 5.69 Å². The van der Waals surface area contributed by atoms with Crippen molar-refractivity contribution in [3.63, 3.8) is 0 Å². The zero-order valence-corrected chi connectivity index (χ0v) is 11.3. The molecule has 0 aromatic carbocycles. The predicted octanol–water partition coefficient (Wildman–Crippen LogP) is 1.95. The van der Waals surface area contributed by atoms with Crippen molar-refractivity contribution in [3.8, 4) is 11.3 Å². The van der Waals surface area contributed by atoms with E-state index in [9.17, 15) is 9.59 Å². The van der Waals surface area contributed by atoms with Crippen molar-refractivity contribution in [3.05, 3.63) is 58.3 Å². The molecule has 3 aromatic rings. The van der Waals surface area contributed by atoms with E-state index in [1.807, 2.05) is 35.9 Å². The fraction of sp³-hybridized carbons (Fsp3) is 0.133. The number of fused-ring (bicyclic) bond motifs is 1. The van der Waals surface area contributed by atoms with E-state index in [0.717, 1.165) is 16.8 Å². The summed E-state index contributed by atoms with van der Waals surface area (Å²) < 4.78 is 1.85. The lowest BCUT2D eigenvalue weighted by Crippen LogP contribution is -2.19. The standard InChI is InChI=1S/C15H13N3O3/c1-2-9-7-11(15(20)21)14(19)17-13(9)10-3-4-12-16-5-6-18(12)8-10/h3-8H,2H2,1H3,(H,17,19)(H,20,21). The van der Waals surface area contributed by atoms with Crippen molar-refractivity contribution >= 4 is 11.6 Å². The van der Waals surface area contributed by atoms with Crippen LogP contribution in [0.1, 0.15) is 22.8 Å². The Kier molecular flexibility index (Phi) is 3.06. The number of aromatic amines is 1. The van der Waals surface area contributed by atoms with E-state index in [1.165, 1.54) is 6.07 Å². The maximum atomic E-state index is 11.9. The van der Waals surface area contributed by atoms with Gasteiger partial charge in [-0.15, -0.1) is 0 Å². The molecule has 21 heavy (non-hydrogen) atoms. The van der Waals surface area contributed by atoms with Crippen LogP contribution in [0.5, 0.6) is 0 Å². The molecule has 0 radical (unpaired) electrons. The van der Waals surface area contributed by atoms with Gasteiger partial charge in [-0.25, -0.2) is 9.78 Å². The molecule has 0 amide bonds. The molecule has 0 unspecified atom stereocenters. The van der Waals surface area contributed by atoms with E-state index in [-0.39, 0.29) is 5.56 Å². The molecule has 0 aliphatic heterocycles. The van der Waals surface area contributed by atoms with Crippen molar-refractivity contribution in [1.29, 1.82) is 0 Å². The van der Waals surface area contributed by atoms with Gasteiger partial charge in [0.1, 0.15) is 11.2 Å². The van der Waals surface area contributed by atoms with Crippen LogP contribution in [0.15, 0.2) is 41.6 Å². The highest BCUT2D eigenvalue weighted by Gasteiger charge is 2.14. The molecule has 0 aliphatic rings. The second-order valence-corrected chi connectivity index (χ2v) is 4.68. The summed E-state index contributed by atoms with van der Waals surface area (Å²) in [7, 11) is 0. The van der Waals surface area contributed by atoms with Gasteiger partial charge in [-0.05, 0) is 30.2 Å². The first kappa shape index (κ1) is 13.1. The van der Waals surface area contributed by atoms with Gasteiger partial charge in [-0.2, -0.15) is 0 Å². The monoisotopic (exact) mass is 283 g/mol. The molecule has 6 heteroatoms. The number of carbonyl (C=O) groups is 1. The largest absolute Gasteiger partial charge is 0.477 e. The minimum atomic E-state index is -1.22. The van der Waals surface area contributed by atoms with Crippen LogP contribution in [0.3, 0.4) is 0 Å². The molecule has 6 nitrogen and oxygen atoms in total. The molecular weight excluding hydrogens is 270 g/mol. The normalized spacial score (nSPS) is 10.9. The van der Waals surface area contributed by atoms with Gasteiger partial charge in [0, 0.05) is 24.2 Å². The van der Waals surface area contributed by atoms with Crippen LogP contribution in [-0.2, 0) is 6.42 Å². The molecular formula is C15H13N3O3. The average molecular weight is 283 g/mol. The Balaban J connectivity index is 2.23. The number of nitrogens with zero attached hydrogens (tertiary/aromatic N) is 2. The van der Waals surface area contributed by atoms with Gasteiger partial charge in [-0.3, -0.25) is 4.79 Å². The SMILES string of the molecule is CCc1cc(C(=O)O)c(=O)[nH]c1-c1ccc2nccn2c1. The van der Waals surface area contributed by atoms with E-state index < -0.39 is 11.5 Å². The van der Waals surface area contributed by atoms with Gasteiger partial charge in [-0.1, -0.05) is 6.92 Å². The van der Waals surface area contributed by atoms with Gasteiger partial charge in [0.15, 0.2) is 0 Å². The number of aryl methyl sites for hydroxylation is 1. The van der Waals surface area contributed by atoms with Crippen LogP contribution in [0, 0.1) is 0 Å². The topological polar surface area (TPSA) is 87.5 Å². The van der Waals surface area contributed by atoms with Crippen molar-refractivity contribution < 1.29 is 9.90 Å². The Morgan fingerprint density at radius 2 is 2.24 bits per heavy atom. The first-order chi connectivity index (χ1) is 10.1. The lowest BCUT2D eigenvalue weighted by Gasteiger charge is -2.09. The number of imidazole rings is 1. The molecule has 2 N–H and O–H groups in total. The zero-order chi connectivity index (χ0) is 15.0. The van der Waals surface area contributed by atoms with Crippen LogP contribution in [0.2, 0.25) is 0 Å². The van der Waals surface area contributed by atoms with Gasteiger partial charge in [0.25, 0.3) is 5.56 Å². The Bertz CT molecular complexity index is 893. The Morgan fingerprint density at radius 1 is 1.43 bits per heavy atom. The molecule has 3 heterocycles. The lowest BCUT2D eigenvalue weighted by atomic mass is 10.0. The third-order valence-electron chi connectivity index (χ3n) is 3.41. The van der Waals surface area contributed by atoms with Gasteiger partial charge >= 0.3 is 5.97 Å². The number of aromatic nitrogens is 3. The molecule has 0 saturated heterocycles. The molecule has 3 aromatic heterocycles. The molecule has 106 valence electrons. The summed E-state index contributed by atoms with van der Waals surface area (Å²) >= 11 is 0. The fourth-order valence-electron chi connectivity index (χ4n) is 2.34. The molecule has 3 rings (SSSR count). The average Bonchev–Trinajstić information content (AvgIpc) is 2.93. The number of nitrogens with one attached hydrogen (secondary N) is 1. The van der Waals surface area contributed by atoms with Gasteiger partial charge in [0.2, 0.25) is 0 Å². The number of hydrogen-bond donors (Lipinski definition) is 2. The molecule has 0 atom stereocenters. The van der Waals surface area contributed by atoms with Crippen molar-refractivity contribution in [2.24, 2.45) is 0 Å². The smallest absolute Gasteiger partial charge is 0.341 e. The Labute approximate surface area is 119 Å². The summed E-state index contributed by atoms with van der Waals surface area (Å²) in [6, 6.07) is 5.14. The fourth-order valence-corrected chi connectivity index (χ4v) is 2.34. The summed E-state index contributed by atoms with van der Waals surface area (Å²) in [5.41, 5.74) is 2.21. The number of rotatable bonds is 3. The quantitative estimate of drug-likeness (QED) is 0.769. The van der Waals surface area contributed by atoms with E-state index in [2.05, 4.69) is 9.97 Å². The van der Waals surface area contributed by atoms with Crippen molar-refractivity contribution in [1.82, 2.24) is 14.4 Å². The number of hydrogen-bond acceptors (Lipinski definition) is 3. The first-order valence-electron chi connectivity index (χ1n) is 6.52. The molecule has 0 spiro atoms. The first-order valence-corrected chi connectivity index (χ1v) is 6.52. The van der Waals surface area contributed by atoms with Crippen molar-refractivity contribution in [2.45, 2.75) is 13.3 Å². The third kappa shape index (κ3) is 2.20. The number of H-pyrrole nitrogens is 1. The Morgan fingerprint density at radius 3 is 2.95 bits per heavy atom. The van der Waals surface area contributed by atoms with Crippen LogP contribution in [-0.4, -0.2) is 25.4 Å². The predicted molar refractivity (Wildman–Crippen MR) is 77.6 cm³/mol. The summed E-state index contributed by atoms with van der Waals surface area (Å²) in [4.78, 5) is 29.8. The number of carboxylic acids is 1. The third-order valence-corrected chi connectivity index (χ3v) is 3.41. The summed E-state index contributed by atoms with van der Waals surface area (Å²) in [6.07, 6.45) is 5.98. The van der Waals surface area contributed by atoms with Crippen LogP contribution < -0.4 is 5.56 Å². The molecule has 0 aliphatic carbocycles. The second kappa shape index (κ2) is 4.90. The maximum Gasteiger partial charge on any atom is 0.341 e. The van der Waals surface area contributed by atoms with E-state index in [1.54, 1.807) is 6.20 Å². The minimum Gasteiger partial charge on any atom is -0.477 e. The lowest BCUT2D eigenvalue weighted by molar-refractivity contribution is 0.0695. The minimum absolute atomic E-state index is 0.237. The number of pyridine rings is 2. The number of carboxylic acid groups (broad SMARTS) is 1. The summed E-state index contributed by atoms with van der Waals surface area (Å²) in [6.45, 7) is 1.92. The molecule has 0 saturated carbocycles. The highest BCUT2D eigenvalue weighted by atomic mass is 16.4. The molecule has 0 fully saturated rings. The highest BCUT2D eigenvalue weighted by Crippen LogP contribution is 2.22. The van der Waals surface area contributed by atoms with Crippen molar-refractivity contribution in [2.75, 3.05) is 0 Å². The van der Waals surface area contributed by atoms with E-state index in [0.29, 0.717) is 12.1 Å². The van der Waals surface area contributed by atoms with E-state index in [4.69, 9.17) is 5.11 Å². The zero-order valence-electron chi connectivity index (χ0n) is 11.3. The van der Waals surface area contributed by atoms with Crippen LogP contribution in [0.4, 0.5) is 0 Å². The Hall–Kier alpha value is -2.89. The number of aromatic carboxylic acids is 1. The summed E-state index contributed by atoms with van der Waals surface area (Å²) in [5.74, 6) is -1.22. The van der Waals surface area contributed by atoms with E-state index >= 15 is 0 Å². The molecule has 0 bridgehead atoms. The summed E-state index contributed by atoms with van der Waals surface area (Å²) in [5, 5.41) is 9.03. The highest BCUT2D eigenvalue weighted by molar-refractivity contribution is 5.88. The maximum absolute atomic E-state index is 11.9. The second-order valence-electron chi connectivity index (χ2n) is 4.68. The van der Waals surface area contributed by atoms with Crippen LogP contribution in [0.25, 0.3) is 16.9 Å².